The number of nitrogens with zero attached hydrogens (tertiary/aromatic N) is 4. The summed E-state index contributed by atoms with van der Waals surface area (Å²) in [5.41, 5.74) is 1.49. The predicted molar refractivity (Wildman–Crippen MR) is 85.7 cm³/mol. The van der Waals surface area contributed by atoms with Crippen LogP contribution < -0.4 is 5.56 Å². The molecule has 0 aromatic carbocycles. The van der Waals surface area contributed by atoms with Gasteiger partial charge in [0, 0.05) is 50.0 Å². The van der Waals surface area contributed by atoms with E-state index in [-0.39, 0.29) is 17.4 Å². The number of piperidine rings is 1. The summed E-state index contributed by atoms with van der Waals surface area (Å²) >= 11 is 0. The SMILES string of the molecule is Cn1cc(/C=C/C(=O)N2CCCC(c3cc(=O)[nH]cn3)C2)cn1. The van der Waals surface area contributed by atoms with Crippen molar-refractivity contribution in [2.24, 2.45) is 7.05 Å². The molecule has 2 aromatic rings. The molecule has 1 aliphatic rings. The van der Waals surface area contributed by atoms with Crippen molar-refractivity contribution in [3.05, 3.63) is 52.5 Å². The number of carbonyl (C=O) groups excluding carboxylic acids is 1. The summed E-state index contributed by atoms with van der Waals surface area (Å²) in [4.78, 5) is 32.3. The van der Waals surface area contributed by atoms with Crippen molar-refractivity contribution in [3.63, 3.8) is 0 Å². The summed E-state index contributed by atoms with van der Waals surface area (Å²) in [6, 6.07) is 1.52. The predicted octanol–water partition coefficient (Wildman–Crippen LogP) is 0.923. The van der Waals surface area contributed by atoms with E-state index in [4.69, 9.17) is 0 Å². The number of likely N-dealkylation sites (tertiary alicyclic amines) is 1. The molecule has 2 aromatic heterocycles. The van der Waals surface area contributed by atoms with Crippen molar-refractivity contribution in [3.8, 4) is 0 Å². The normalized spacial score (nSPS) is 18.5. The number of aromatic amines is 1. The Morgan fingerprint density at radius 2 is 2.35 bits per heavy atom. The van der Waals surface area contributed by atoms with Crippen molar-refractivity contribution in [1.29, 1.82) is 0 Å². The Hall–Kier alpha value is -2.70. The largest absolute Gasteiger partial charge is 0.338 e. The molecule has 1 amide bonds. The number of H-pyrrole nitrogens is 1. The fraction of sp³-hybridized carbons (Fsp3) is 0.375. The van der Waals surface area contributed by atoms with Gasteiger partial charge in [-0.25, -0.2) is 4.98 Å². The van der Waals surface area contributed by atoms with E-state index in [0.717, 1.165) is 30.6 Å². The van der Waals surface area contributed by atoms with Crippen molar-refractivity contribution >= 4 is 12.0 Å². The summed E-state index contributed by atoms with van der Waals surface area (Å²) < 4.78 is 1.69. The quantitative estimate of drug-likeness (QED) is 0.854. The van der Waals surface area contributed by atoms with E-state index in [9.17, 15) is 9.59 Å². The number of aromatic nitrogens is 4. The molecule has 1 aliphatic heterocycles. The Bertz CT molecular complexity index is 777. The number of aryl methyl sites for hydroxylation is 1. The van der Waals surface area contributed by atoms with Crippen molar-refractivity contribution in [2.45, 2.75) is 18.8 Å². The van der Waals surface area contributed by atoms with E-state index in [0.29, 0.717) is 6.54 Å². The molecule has 0 aliphatic carbocycles. The van der Waals surface area contributed by atoms with Gasteiger partial charge in [0.1, 0.15) is 0 Å². The smallest absolute Gasteiger partial charge is 0.250 e. The van der Waals surface area contributed by atoms with Crippen LogP contribution in [0.4, 0.5) is 0 Å². The molecule has 1 fully saturated rings. The maximum absolute atomic E-state index is 12.3. The van der Waals surface area contributed by atoms with Gasteiger partial charge in [-0.2, -0.15) is 5.10 Å². The maximum atomic E-state index is 12.3. The number of carbonyl (C=O) groups is 1. The van der Waals surface area contributed by atoms with Crippen LogP contribution in [0, 0.1) is 0 Å². The number of rotatable bonds is 3. The van der Waals surface area contributed by atoms with Gasteiger partial charge < -0.3 is 9.88 Å². The summed E-state index contributed by atoms with van der Waals surface area (Å²) in [6.45, 7) is 1.32. The zero-order chi connectivity index (χ0) is 16.2. The summed E-state index contributed by atoms with van der Waals surface area (Å²) in [5, 5.41) is 4.07. The van der Waals surface area contributed by atoms with Gasteiger partial charge in [-0.05, 0) is 18.9 Å². The minimum Gasteiger partial charge on any atom is -0.338 e. The molecule has 3 heterocycles. The summed E-state index contributed by atoms with van der Waals surface area (Å²) in [5.74, 6) is 0.0881. The molecule has 0 saturated carbocycles. The Labute approximate surface area is 133 Å². The summed E-state index contributed by atoms with van der Waals surface area (Å²) in [6.07, 6.45) is 10.2. The second-order valence-electron chi connectivity index (χ2n) is 5.74. The van der Waals surface area contributed by atoms with E-state index < -0.39 is 0 Å². The molecule has 1 unspecified atom stereocenters. The fourth-order valence-corrected chi connectivity index (χ4v) is 2.82. The van der Waals surface area contributed by atoms with Crippen molar-refractivity contribution in [2.75, 3.05) is 13.1 Å². The summed E-state index contributed by atoms with van der Waals surface area (Å²) in [7, 11) is 1.84. The lowest BCUT2D eigenvalue weighted by Crippen LogP contribution is -2.38. The van der Waals surface area contributed by atoms with E-state index in [1.165, 1.54) is 12.4 Å². The number of amides is 1. The van der Waals surface area contributed by atoms with Gasteiger partial charge in [-0.15, -0.1) is 0 Å². The Morgan fingerprint density at radius 1 is 1.48 bits per heavy atom. The molecule has 0 bridgehead atoms. The van der Waals surface area contributed by atoms with Gasteiger partial charge >= 0.3 is 0 Å². The zero-order valence-electron chi connectivity index (χ0n) is 13.0. The van der Waals surface area contributed by atoms with Crippen LogP contribution >= 0.6 is 0 Å². The van der Waals surface area contributed by atoms with Crippen LogP contribution in [0.2, 0.25) is 0 Å². The Balaban J connectivity index is 1.67. The van der Waals surface area contributed by atoms with Gasteiger partial charge in [0.2, 0.25) is 5.91 Å². The molecule has 120 valence electrons. The fourth-order valence-electron chi connectivity index (χ4n) is 2.82. The van der Waals surface area contributed by atoms with Crippen LogP contribution in [-0.2, 0) is 11.8 Å². The lowest BCUT2D eigenvalue weighted by Gasteiger charge is -2.31. The topological polar surface area (TPSA) is 83.9 Å². The van der Waals surface area contributed by atoms with Crippen molar-refractivity contribution in [1.82, 2.24) is 24.6 Å². The Kier molecular flexibility index (Phi) is 4.36. The molecule has 0 radical (unpaired) electrons. The monoisotopic (exact) mass is 313 g/mol. The number of nitrogens with one attached hydrogen (secondary N) is 1. The highest BCUT2D eigenvalue weighted by Gasteiger charge is 2.24. The second-order valence-corrected chi connectivity index (χ2v) is 5.74. The number of hydrogen-bond donors (Lipinski definition) is 1. The molecular weight excluding hydrogens is 294 g/mol. The second kappa shape index (κ2) is 6.60. The third kappa shape index (κ3) is 3.74. The zero-order valence-corrected chi connectivity index (χ0v) is 13.0. The maximum Gasteiger partial charge on any atom is 0.250 e. The molecule has 23 heavy (non-hydrogen) atoms. The highest BCUT2D eigenvalue weighted by Crippen LogP contribution is 2.24. The minimum atomic E-state index is -0.157. The van der Waals surface area contributed by atoms with Crippen molar-refractivity contribution < 1.29 is 4.79 Å². The number of hydrogen-bond acceptors (Lipinski definition) is 4. The first kappa shape index (κ1) is 15.2. The first-order valence-electron chi connectivity index (χ1n) is 7.62. The van der Waals surface area contributed by atoms with E-state index in [2.05, 4.69) is 15.1 Å². The third-order valence-electron chi connectivity index (χ3n) is 3.99. The highest BCUT2D eigenvalue weighted by atomic mass is 16.2. The molecule has 0 spiro atoms. The van der Waals surface area contributed by atoms with Crippen LogP contribution in [0.15, 0.2) is 35.7 Å². The average Bonchev–Trinajstić information content (AvgIpc) is 2.98. The van der Waals surface area contributed by atoms with Crippen LogP contribution in [-0.4, -0.2) is 43.6 Å². The van der Waals surface area contributed by atoms with Gasteiger partial charge in [-0.1, -0.05) is 0 Å². The van der Waals surface area contributed by atoms with E-state index >= 15 is 0 Å². The molecular formula is C16H19N5O2. The molecule has 7 heteroatoms. The first-order chi connectivity index (χ1) is 11.1. The van der Waals surface area contributed by atoms with Crippen LogP contribution in [0.3, 0.4) is 0 Å². The van der Waals surface area contributed by atoms with E-state index in [1.807, 2.05) is 18.1 Å². The Morgan fingerprint density at radius 3 is 3.09 bits per heavy atom. The first-order valence-corrected chi connectivity index (χ1v) is 7.62. The molecule has 1 atom stereocenters. The lowest BCUT2D eigenvalue weighted by atomic mass is 9.94. The van der Waals surface area contributed by atoms with E-state index in [1.54, 1.807) is 23.0 Å². The highest BCUT2D eigenvalue weighted by molar-refractivity contribution is 5.91. The van der Waals surface area contributed by atoms with Crippen LogP contribution in [0.1, 0.15) is 30.0 Å². The lowest BCUT2D eigenvalue weighted by molar-refractivity contribution is -0.127. The molecule has 1 saturated heterocycles. The molecule has 7 nitrogen and oxygen atoms in total. The van der Waals surface area contributed by atoms with Gasteiger partial charge in [0.25, 0.3) is 5.56 Å². The standard InChI is InChI=1S/C16H19N5O2/c1-20-9-12(8-19-20)4-5-16(23)21-6-2-3-13(10-21)14-7-15(22)18-11-17-14/h4-5,7-9,11,13H,2-3,6,10H2,1H3,(H,17,18,22)/b5-4+. The minimum absolute atomic E-state index is 0.0246. The van der Waals surface area contributed by atoms with Crippen LogP contribution in [0.5, 0.6) is 0 Å². The van der Waals surface area contributed by atoms with Gasteiger partial charge in [0.15, 0.2) is 0 Å². The third-order valence-corrected chi connectivity index (χ3v) is 3.99. The molecule has 1 N–H and O–H groups in total. The molecule has 3 rings (SSSR count). The van der Waals surface area contributed by atoms with Gasteiger partial charge in [-0.3, -0.25) is 14.3 Å². The average molecular weight is 313 g/mol. The van der Waals surface area contributed by atoms with Crippen LogP contribution in [0.25, 0.3) is 6.08 Å². The van der Waals surface area contributed by atoms with Gasteiger partial charge in [0.05, 0.1) is 18.2 Å².